The van der Waals surface area contributed by atoms with Crippen LogP contribution < -0.4 is 0 Å². The number of aliphatic hydroxyl groups excluding tert-OH is 1. The van der Waals surface area contributed by atoms with Crippen molar-refractivity contribution in [1.82, 2.24) is 0 Å². The fourth-order valence-corrected chi connectivity index (χ4v) is 1.42. The van der Waals surface area contributed by atoms with E-state index < -0.39 is 0 Å². The normalized spacial score (nSPS) is 11.9. The molecule has 15 heavy (non-hydrogen) atoms. The summed E-state index contributed by atoms with van der Waals surface area (Å²) in [5.74, 6) is 0. The molecule has 0 bridgehead atoms. The average Bonchev–Trinajstić information content (AvgIpc) is 2.26. The fourth-order valence-electron chi connectivity index (χ4n) is 1.42. The van der Waals surface area contributed by atoms with E-state index in [-0.39, 0.29) is 0 Å². The molecule has 0 aromatic heterocycles. The molecule has 1 nitrogen and oxygen atoms in total. The Kier molecular flexibility index (Phi) is 12.9. The zero-order valence-corrected chi connectivity index (χ0v) is 10.1. The van der Waals surface area contributed by atoms with Gasteiger partial charge in [-0.3, -0.25) is 0 Å². The van der Waals surface area contributed by atoms with Gasteiger partial charge >= 0.3 is 0 Å². The van der Waals surface area contributed by atoms with Crippen molar-refractivity contribution in [2.24, 2.45) is 0 Å². The lowest BCUT2D eigenvalue weighted by Gasteiger charge is -1.96. The molecule has 0 radical (unpaired) electrons. The number of allylic oxidation sites excluding steroid dienone is 4. The second kappa shape index (κ2) is 13.4. The lowest BCUT2D eigenvalue weighted by molar-refractivity contribution is 0.282. The Morgan fingerprint density at radius 3 is 2.07 bits per heavy atom. The summed E-state index contributed by atoms with van der Waals surface area (Å²) in [6.45, 7) is 2.54. The average molecular weight is 210 g/mol. The van der Waals surface area contributed by atoms with Gasteiger partial charge in [0.2, 0.25) is 0 Å². The van der Waals surface area contributed by atoms with E-state index in [9.17, 15) is 0 Å². The highest BCUT2D eigenvalue weighted by molar-refractivity contribution is 5.02. The largest absolute Gasteiger partial charge is 0.396 e. The first-order valence-electron chi connectivity index (χ1n) is 6.34. The Morgan fingerprint density at radius 1 is 0.800 bits per heavy atom. The number of unbranched alkanes of at least 4 members (excludes halogenated alkanes) is 6. The number of hydrogen-bond acceptors (Lipinski definition) is 1. The molecule has 0 unspecified atom stereocenters. The molecule has 1 heteroatoms. The van der Waals surface area contributed by atoms with Gasteiger partial charge in [0, 0.05) is 6.61 Å². The van der Waals surface area contributed by atoms with E-state index in [0.717, 1.165) is 6.42 Å². The van der Waals surface area contributed by atoms with Crippen molar-refractivity contribution < 1.29 is 5.11 Å². The van der Waals surface area contributed by atoms with Crippen LogP contribution in [0.2, 0.25) is 0 Å². The molecule has 0 rings (SSSR count). The van der Waals surface area contributed by atoms with Gasteiger partial charge in [-0.25, -0.2) is 0 Å². The van der Waals surface area contributed by atoms with Crippen LogP contribution >= 0.6 is 0 Å². The van der Waals surface area contributed by atoms with Crippen LogP contribution in [0.5, 0.6) is 0 Å². The van der Waals surface area contributed by atoms with Crippen LogP contribution in [0.25, 0.3) is 0 Å². The number of aliphatic hydroxyl groups is 1. The van der Waals surface area contributed by atoms with Crippen LogP contribution in [0.15, 0.2) is 24.3 Å². The predicted molar refractivity (Wildman–Crippen MR) is 68.0 cm³/mol. The van der Waals surface area contributed by atoms with Gasteiger partial charge in [0.05, 0.1) is 0 Å². The van der Waals surface area contributed by atoms with Crippen molar-refractivity contribution in [3.63, 3.8) is 0 Å². The van der Waals surface area contributed by atoms with Crippen molar-refractivity contribution in [2.45, 2.75) is 58.3 Å². The second-order valence-corrected chi connectivity index (χ2v) is 3.93. The van der Waals surface area contributed by atoms with E-state index in [1.807, 2.05) is 0 Å². The molecule has 0 aliphatic heterocycles. The zero-order valence-electron chi connectivity index (χ0n) is 10.1. The van der Waals surface area contributed by atoms with Crippen molar-refractivity contribution in [3.8, 4) is 0 Å². The molecule has 0 aromatic rings. The Balaban J connectivity index is 3.09. The lowest BCUT2D eigenvalue weighted by atomic mass is 10.1. The molecule has 0 amide bonds. The fraction of sp³-hybridized carbons (Fsp3) is 0.714. The highest BCUT2D eigenvalue weighted by Crippen LogP contribution is 2.05. The maximum atomic E-state index is 8.59. The Hall–Kier alpha value is -0.560. The summed E-state index contributed by atoms with van der Waals surface area (Å²) < 4.78 is 0. The molecule has 88 valence electrons. The molecule has 0 fully saturated rings. The standard InChI is InChI=1S/C14H26O/c1-2-3-4-5-6-7-8-9-10-11-12-13-14-15/h4-7,15H,2-3,8-14H2,1H3/b5-4+,7-6+. The molecule has 0 aromatic carbocycles. The van der Waals surface area contributed by atoms with Gasteiger partial charge in [0.15, 0.2) is 0 Å². The van der Waals surface area contributed by atoms with Gasteiger partial charge < -0.3 is 5.11 Å². The summed E-state index contributed by atoms with van der Waals surface area (Å²) >= 11 is 0. The highest BCUT2D eigenvalue weighted by Gasteiger charge is 1.87. The maximum Gasteiger partial charge on any atom is 0.0431 e. The SMILES string of the molecule is CCC/C=C/C=C/CCCCCCCO. The third-order valence-electron chi connectivity index (χ3n) is 2.37. The monoisotopic (exact) mass is 210 g/mol. The first-order chi connectivity index (χ1) is 7.41. The third-order valence-corrected chi connectivity index (χ3v) is 2.37. The van der Waals surface area contributed by atoms with Crippen LogP contribution in [-0.4, -0.2) is 11.7 Å². The van der Waals surface area contributed by atoms with Crippen molar-refractivity contribution in [3.05, 3.63) is 24.3 Å². The van der Waals surface area contributed by atoms with E-state index >= 15 is 0 Å². The van der Waals surface area contributed by atoms with Crippen LogP contribution in [0.3, 0.4) is 0 Å². The van der Waals surface area contributed by atoms with Gasteiger partial charge in [-0.15, -0.1) is 0 Å². The van der Waals surface area contributed by atoms with Gasteiger partial charge in [-0.05, 0) is 25.7 Å². The van der Waals surface area contributed by atoms with Crippen LogP contribution in [0.1, 0.15) is 58.3 Å². The molecule has 1 N–H and O–H groups in total. The topological polar surface area (TPSA) is 20.2 Å². The van der Waals surface area contributed by atoms with Crippen molar-refractivity contribution in [2.75, 3.05) is 6.61 Å². The Bertz CT molecular complexity index is 159. The van der Waals surface area contributed by atoms with Crippen LogP contribution in [0, 0.1) is 0 Å². The predicted octanol–water partition coefficient (Wildman–Crippen LogP) is 4.23. The van der Waals surface area contributed by atoms with E-state index in [1.165, 1.54) is 44.9 Å². The second-order valence-electron chi connectivity index (χ2n) is 3.93. The number of hydrogen-bond donors (Lipinski definition) is 1. The summed E-state index contributed by atoms with van der Waals surface area (Å²) in [4.78, 5) is 0. The van der Waals surface area contributed by atoms with Gasteiger partial charge in [-0.2, -0.15) is 0 Å². The molecule has 0 heterocycles. The highest BCUT2D eigenvalue weighted by atomic mass is 16.2. The first-order valence-corrected chi connectivity index (χ1v) is 6.34. The van der Waals surface area contributed by atoms with Gasteiger partial charge in [-0.1, -0.05) is 56.9 Å². The lowest BCUT2D eigenvalue weighted by Crippen LogP contribution is -1.82. The minimum atomic E-state index is 0.349. The number of rotatable bonds is 10. The van der Waals surface area contributed by atoms with Gasteiger partial charge in [0.1, 0.15) is 0 Å². The maximum absolute atomic E-state index is 8.59. The zero-order chi connectivity index (χ0) is 11.2. The van der Waals surface area contributed by atoms with E-state index in [4.69, 9.17) is 5.11 Å². The molecule has 0 saturated heterocycles. The molecule has 0 aliphatic rings. The third kappa shape index (κ3) is 13.4. The molecule has 0 saturated carbocycles. The Morgan fingerprint density at radius 2 is 1.40 bits per heavy atom. The molecule has 0 atom stereocenters. The van der Waals surface area contributed by atoms with E-state index in [1.54, 1.807) is 0 Å². The van der Waals surface area contributed by atoms with Gasteiger partial charge in [0.25, 0.3) is 0 Å². The molecular weight excluding hydrogens is 184 g/mol. The van der Waals surface area contributed by atoms with Crippen molar-refractivity contribution >= 4 is 0 Å². The molecule has 0 aliphatic carbocycles. The summed E-state index contributed by atoms with van der Waals surface area (Å²) in [7, 11) is 0. The first kappa shape index (κ1) is 14.4. The minimum Gasteiger partial charge on any atom is -0.396 e. The Labute approximate surface area is 94.9 Å². The van der Waals surface area contributed by atoms with E-state index in [2.05, 4.69) is 31.2 Å². The van der Waals surface area contributed by atoms with Crippen LogP contribution in [0.4, 0.5) is 0 Å². The van der Waals surface area contributed by atoms with Crippen molar-refractivity contribution in [1.29, 1.82) is 0 Å². The van der Waals surface area contributed by atoms with E-state index in [0.29, 0.717) is 6.61 Å². The summed E-state index contributed by atoms with van der Waals surface area (Å²) in [6, 6.07) is 0. The summed E-state index contributed by atoms with van der Waals surface area (Å²) in [6.07, 6.45) is 18.4. The quantitative estimate of drug-likeness (QED) is 0.422. The minimum absolute atomic E-state index is 0.349. The molecule has 0 spiro atoms. The smallest absolute Gasteiger partial charge is 0.0431 e. The molecular formula is C14H26O. The summed E-state index contributed by atoms with van der Waals surface area (Å²) in [5.41, 5.74) is 0. The summed E-state index contributed by atoms with van der Waals surface area (Å²) in [5, 5.41) is 8.59. The van der Waals surface area contributed by atoms with Crippen LogP contribution in [-0.2, 0) is 0 Å².